The summed E-state index contributed by atoms with van der Waals surface area (Å²) >= 11 is 0. The molecule has 0 unspecified atom stereocenters. The van der Waals surface area contributed by atoms with Crippen LogP contribution in [0.15, 0.2) is 0 Å². The summed E-state index contributed by atoms with van der Waals surface area (Å²) in [7, 11) is 0. The van der Waals surface area contributed by atoms with Crippen molar-refractivity contribution in [1.82, 2.24) is 0 Å². The molecule has 0 fully saturated rings. The van der Waals surface area contributed by atoms with Crippen LogP contribution in [0.4, 0.5) is 0 Å². The van der Waals surface area contributed by atoms with Gasteiger partial charge in [-0.25, -0.2) is 0 Å². The van der Waals surface area contributed by atoms with E-state index in [1.807, 2.05) is 27.7 Å². The van der Waals surface area contributed by atoms with Gasteiger partial charge in [0.25, 0.3) is 0 Å². The Balaban J connectivity index is -0.000000500. The molecule has 3 heteroatoms. The fourth-order valence-corrected chi connectivity index (χ4v) is 0.580. The first kappa shape index (κ1) is 18.2. The zero-order chi connectivity index (χ0) is 9.02. The quantitative estimate of drug-likeness (QED) is 0.493. The molecule has 13 heavy (non-hydrogen) atoms. The highest BCUT2D eigenvalue weighted by Crippen LogP contribution is 2.04. The molecule has 0 bridgehead atoms. The van der Waals surface area contributed by atoms with E-state index in [1.54, 1.807) is 0 Å². The van der Waals surface area contributed by atoms with Gasteiger partial charge in [0.05, 0.1) is 6.42 Å². The van der Waals surface area contributed by atoms with Crippen LogP contribution in [0, 0.1) is 11.8 Å². The predicted molar refractivity (Wildman–Crippen MR) is 56.8 cm³/mol. The van der Waals surface area contributed by atoms with Gasteiger partial charge in [0.1, 0.15) is 11.6 Å². The Morgan fingerprint density at radius 3 is 1.31 bits per heavy atom. The molecule has 0 heterocycles. The summed E-state index contributed by atoms with van der Waals surface area (Å²) < 4.78 is 0. The van der Waals surface area contributed by atoms with Crippen LogP contribution in [0.3, 0.4) is 0 Å². The monoisotopic (exact) mass is 183 g/mol. The summed E-state index contributed by atoms with van der Waals surface area (Å²) in [5, 5.41) is 0. The molecule has 0 saturated carbocycles. The summed E-state index contributed by atoms with van der Waals surface area (Å²) in [6.07, 6.45) is 0.106. The number of Topliss-reactive ketones (excluding diaryl/α,β-unsaturated/α-hetero) is 2. The van der Waals surface area contributed by atoms with Crippen molar-refractivity contribution < 1.29 is 9.59 Å². The zero-order valence-electron chi connectivity index (χ0n) is 8.26. The minimum Gasteiger partial charge on any atom is -0.299 e. The maximum atomic E-state index is 11.0. The predicted octanol–water partition coefficient (Wildman–Crippen LogP) is 2.08. The first-order valence-electron chi connectivity index (χ1n) is 4.00. The number of carbonyl (C=O) groups excluding carboxylic acids is 2. The average Bonchev–Trinajstić information content (AvgIpc) is 1.87. The van der Waals surface area contributed by atoms with Gasteiger partial charge in [0, 0.05) is 20.2 Å². The SMILES string of the molecule is C.CC(C)C(=O)CC(=O)C(C)C.[B]. The van der Waals surface area contributed by atoms with Crippen LogP contribution in [0.2, 0.25) is 0 Å². The van der Waals surface area contributed by atoms with E-state index in [4.69, 9.17) is 0 Å². The largest absolute Gasteiger partial charge is 0.299 e. The number of rotatable bonds is 4. The van der Waals surface area contributed by atoms with Gasteiger partial charge in [0.2, 0.25) is 0 Å². The van der Waals surface area contributed by atoms with Crippen LogP contribution in [-0.4, -0.2) is 20.0 Å². The molecule has 0 saturated heterocycles. The van der Waals surface area contributed by atoms with Crippen molar-refractivity contribution in [2.75, 3.05) is 0 Å². The molecule has 2 nitrogen and oxygen atoms in total. The molecule has 0 rings (SSSR count). The molecule has 0 aliphatic carbocycles. The highest BCUT2D eigenvalue weighted by Gasteiger charge is 2.14. The molecule has 0 aliphatic rings. The Hall–Kier alpha value is -0.595. The third-order valence-electron chi connectivity index (χ3n) is 1.64. The topological polar surface area (TPSA) is 34.1 Å². The molecule has 75 valence electrons. The Morgan fingerprint density at radius 1 is 0.923 bits per heavy atom. The lowest BCUT2D eigenvalue weighted by Gasteiger charge is -2.04. The highest BCUT2D eigenvalue weighted by atomic mass is 16.1. The summed E-state index contributed by atoms with van der Waals surface area (Å²) in [5.41, 5.74) is 0. The van der Waals surface area contributed by atoms with Crippen molar-refractivity contribution in [3.63, 3.8) is 0 Å². The lowest BCUT2D eigenvalue weighted by molar-refractivity contribution is -0.130. The molecule has 0 spiro atoms. The Kier molecular flexibility index (Phi) is 11.3. The standard InChI is InChI=1S/C9H16O2.CH4.B/c1-6(2)8(10)5-9(11)7(3)4;;/h6-7H,5H2,1-4H3;1H4;. The maximum Gasteiger partial charge on any atom is 0.142 e. The minimum absolute atomic E-state index is 0. The van der Waals surface area contributed by atoms with Gasteiger partial charge >= 0.3 is 0 Å². The molecule has 0 amide bonds. The van der Waals surface area contributed by atoms with E-state index in [0.29, 0.717) is 0 Å². The lowest BCUT2D eigenvalue weighted by Crippen LogP contribution is -2.16. The third-order valence-corrected chi connectivity index (χ3v) is 1.64. The molecule has 0 aromatic carbocycles. The second kappa shape index (κ2) is 8.02. The molecule has 0 aromatic rings. The Labute approximate surface area is 83.7 Å². The van der Waals surface area contributed by atoms with Crippen molar-refractivity contribution in [2.45, 2.75) is 41.5 Å². The van der Waals surface area contributed by atoms with Gasteiger partial charge < -0.3 is 0 Å². The van der Waals surface area contributed by atoms with Gasteiger partial charge in [-0.3, -0.25) is 9.59 Å². The summed E-state index contributed by atoms with van der Waals surface area (Å²) in [4.78, 5) is 22.1. The fraction of sp³-hybridized carbons (Fsp3) is 0.800. The second-order valence-corrected chi connectivity index (χ2v) is 3.42. The summed E-state index contributed by atoms with van der Waals surface area (Å²) in [6.45, 7) is 7.26. The number of hydrogen-bond donors (Lipinski definition) is 0. The van der Waals surface area contributed by atoms with Crippen molar-refractivity contribution in [2.24, 2.45) is 11.8 Å². The Bertz CT molecular complexity index is 144. The molecule has 0 aromatic heterocycles. The highest BCUT2D eigenvalue weighted by molar-refractivity contribution is 6.00. The van der Waals surface area contributed by atoms with Crippen molar-refractivity contribution in [3.05, 3.63) is 0 Å². The Morgan fingerprint density at radius 2 is 1.15 bits per heavy atom. The maximum absolute atomic E-state index is 11.0. The van der Waals surface area contributed by atoms with Crippen molar-refractivity contribution in [1.29, 1.82) is 0 Å². The molecule has 3 radical (unpaired) electrons. The van der Waals surface area contributed by atoms with E-state index in [-0.39, 0.29) is 45.7 Å². The van der Waals surface area contributed by atoms with Crippen LogP contribution >= 0.6 is 0 Å². The van der Waals surface area contributed by atoms with E-state index in [2.05, 4.69) is 0 Å². The first-order valence-corrected chi connectivity index (χ1v) is 4.00. The average molecular weight is 183 g/mol. The van der Waals surface area contributed by atoms with Crippen LogP contribution < -0.4 is 0 Å². The van der Waals surface area contributed by atoms with Gasteiger partial charge in [-0.1, -0.05) is 35.1 Å². The molecular weight excluding hydrogens is 163 g/mol. The van der Waals surface area contributed by atoms with Crippen molar-refractivity contribution >= 4 is 20.0 Å². The minimum atomic E-state index is -0.0160. The number of hydrogen-bond acceptors (Lipinski definition) is 2. The normalized spacial score (nSPS) is 9.08. The molecule has 0 atom stereocenters. The smallest absolute Gasteiger partial charge is 0.142 e. The number of ketones is 2. The van der Waals surface area contributed by atoms with Gasteiger partial charge in [-0.2, -0.15) is 0 Å². The van der Waals surface area contributed by atoms with Gasteiger partial charge in [-0.05, 0) is 0 Å². The first-order chi connectivity index (χ1) is 4.95. The molecule has 0 N–H and O–H groups in total. The van der Waals surface area contributed by atoms with Crippen LogP contribution in [0.25, 0.3) is 0 Å². The number of carbonyl (C=O) groups is 2. The van der Waals surface area contributed by atoms with Crippen LogP contribution in [0.1, 0.15) is 41.5 Å². The van der Waals surface area contributed by atoms with Crippen molar-refractivity contribution in [3.8, 4) is 0 Å². The van der Waals surface area contributed by atoms with Crippen LogP contribution in [0.5, 0.6) is 0 Å². The zero-order valence-corrected chi connectivity index (χ0v) is 8.26. The molecule has 0 aliphatic heterocycles. The van der Waals surface area contributed by atoms with Gasteiger partial charge in [-0.15, -0.1) is 0 Å². The van der Waals surface area contributed by atoms with E-state index >= 15 is 0 Å². The fourth-order valence-electron chi connectivity index (χ4n) is 0.580. The second-order valence-electron chi connectivity index (χ2n) is 3.42. The van der Waals surface area contributed by atoms with E-state index in [0.717, 1.165) is 0 Å². The van der Waals surface area contributed by atoms with Gasteiger partial charge in [0.15, 0.2) is 0 Å². The van der Waals surface area contributed by atoms with E-state index < -0.39 is 0 Å². The summed E-state index contributed by atoms with van der Waals surface area (Å²) in [6, 6.07) is 0. The van der Waals surface area contributed by atoms with E-state index in [1.165, 1.54) is 0 Å². The molecular formula is C10H20BO2. The third kappa shape index (κ3) is 7.76. The lowest BCUT2D eigenvalue weighted by atomic mass is 9.98. The van der Waals surface area contributed by atoms with E-state index in [9.17, 15) is 9.59 Å². The summed E-state index contributed by atoms with van der Waals surface area (Å²) in [5.74, 6) is 0.0581. The van der Waals surface area contributed by atoms with Crippen LogP contribution in [-0.2, 0) is 9.59 Å².